The molecule has 0 saturated heterocycles. The molecule has 1 aromatic heterocycles. The molecule has 4 rings (SSSR count). The van der Waals surface area contributed by atoms with Crippen molar-refractivity contribution < 1.29 is 19.1 Å². The zero-order valence-corrected chi connectivity index (χ0v) is 17.5. The summed E-state index contributed by atoms with van der Waals surface area (Å²) in [7, 11) is 0. The summed E-state index contributed by atoms with van der Waals surface area (Å²) in [6, 6.07) is 16.4. The van der Waals surface area contributed by atoms with E-state index in [4.69, 9.17) is 4.74 Å². The molecule has 2 aromatic carbocycles. The van der Waals surface area contributed by atoms with Gasteiger partial charge >= 0.3 is 5.97 Å². The van der Waals surface area contributed by atoms with E-state index in [2.05, 4.69) is 21.0 Å². The lowest BCUT2D eigenvalue weighted by Gasteiger charge is -2.13. The molecule has 7 nitrogen and oxygen atoms in total. The van der Waals surface area contributed by atoms with Gasteiger partial charge in [0.15, 0.2) is 0 Å². The molecule has 0 unspecified atom stereocenters. The Hall–Kier alpha value is -3.26. The number of imide groups is 1. The van der Waals surface area contributed by atoms with Gasteiger partial charge in [0, 0.05) is 23.6 Å². The van der Waals surface area contributed by atoms with Gasteiger partial charge in [0.1, 0.15) is 12.3 Å². The molecule has 0 spiro atoms. The Balaban J connectivity index is 1.25. The number of carbonyl (C=O) groups excluding carboxylic acids is 3. The minimum Gasteiger partial charge on any atom is -0.459 e. The van der Waals surface area contributed by atoms with Crippen LogP contribution in [0.4, 0.5) is 0 Å². The lowest BCUT2D eigenvalue weighted by Crippen LogP contribution is -2.31. The van der Waals surface area contributed by atoms with Crippen molar-refractivity contribution in [1.82, 2.24) is 14.7 Å². The molecule has 30 heavy (non-hydrogen) atoms. The van der Waals surface area contributed by atoms with Gasteiger partial charge in [-0.1, -0.05) is 34.1 Å². The van der Waals surface area contributed by atoms with Gasteiger partial charge in [-0.25, -0.2) is 4.68 Å². The van der Waals surface area contributed by atoms with Gasteiger partial charge in [-0.2, -0.15) is 5.10 Å². The van der Waals surface area contributed by atoms with E-state index in [1.54, 1.807) is 35.1 Å². The standard InChI is InChI=1S/C22H18BrN3O4/c23-15-8-9-18-19(13-15)22(29)25(21(18)28)11-4-7-20(27)30-14-16-10-12-26(24-16)17-5-2-1-3-6-17/h1-3,5-6,8-10,12-13H,4,7,11,14H2. The number of ether oxygens (including phenoxy) is 1. The minimum atomic E-state index is -0.399. The molecule has 0 saturated carbocycles. The van der Waals surface area contributed by atoms with Gasteiger partial charge in [-0.05, 0) is 42.8 Å². The number of amides is 2. The van der Waals surface area contributed by atoms with Crippen molar-refractivity contribution in [3.05, 3.63) is 82.1 Å². The molecule has 152 valence electrons. The largest absolute Gasteiger partial charge is 0.459 e. The van der Waals surface area contributed by atoms with Crippen LogP contribution < -0.4 is 0 Å². The Kier molecular flexibility index (Phi) is 5.76. The number of hydrogen-bond acceptors (Lipinski definition) is 5. The number of halogens is 1. The summed E-state index contributed by atoms with van der Waals surface area (Å²) < 4.78 is 7.71. The molecule has 0 N–H and O–H groups in total. The summed E-state index contributed by atoms with van der Waals surface area (Å²) in [5.74, 6) is -1.07. The van der Waals surface area contributed by atoms with Crippen molar-refractivity contribution in [3.63, 3.8) is 0 Å². The van der Waals surface area contributed by atoms with Gasteiger partial charge in [0.05, 0.1) is 16.8 Å². The van der Waals surface area contributed by atoms with Crippen LogP contribution >= 0.6 is 15.9 Å². The number of fused-ring (bicyclic) bond motifs is 1. The number of benzene rings is 2. The number of hydrogen-bond donors (Lipinski definition) is 0. The molecule has 0 radical (unpaired) electrons. The first-order valence-electron chi connectivity index (χ1n) is 9.44. The molecule has 0 atom stereocenters. The predicted molar refractivity (Wildman–Crippen MR) is 112 cm³/mol. The van der Waals surface area contributed by atoms with Crippen LogP contribution in [0.1, 0.15) is 39.3 Å². The number of nitrogens with zero attached hydrogens (tertiary/aromatic N) is 3. The average molecular weight is 468 g/mol. The molecule has 2 heterocycles. The maximum absolute atomic E-state index is 12.4. The van der Waals surface area contributed by atoms with E-state index >= 15 is 0 Å². The van der Waals surface area contributed by atoms with E-state index in [1.165, 1.54) is 4.90 Å². The first-order valence-corrected chi connectivity index (χ1v) is 10.2. The van der Waals surface area contributed by atoms with E-state index in [-0.39, 0.29) is 31.4 Å². The van der Waals surface area contributed by atoms with E-state index in [0.29, 0.717) is 23.2 Å². The highest BCUT2D eigenvalue weighted by atomic mass is 79.9. The zero-order chi connectivity index (χ0) is 21.1. The number of esters is 1. The Morgan fingerprint density at radius 3 is 2.57 bits per heavy atom. The van der Waals surface area contributed by atoms with Crippen LogP contribution in [0.3, 0.4) is 0 Å². The monoisotopic (exact) mass is 467 g/mol. The second-order valence-corrected chi connectivity index (χ2v) is 7.72. The Labute approximate surface area is 181 Å². The lowest BCUT2D eigenvalue weighted by atomic mass is 10.1. The topological polar surface area (TPSA) is 81.5 Å². The summed E-state index contributed by atoms with van der Waals surface area (Å²) in [6.45, 7) is 0.238. The molecule has 0 bridgehead atoms. The van der Waals surface area contributed by atoms with Crippen molar-refractivity contribution in [2.75, 3.05) is 6.54 Å². The van der Waals surface area contributed by atoms with Gasteiger partial charge in [0.2, 0.25) is 0 Å². The Morgan fingerprint density at radius 2 is 1.77 bits per heavy atom. The average Bonchev–Trinajstić information content (AvgIpc) is 3.32. The first kappa shape index (κ1) is 20.0. The fraction of sp³-hybridized carbons (Fsp3) is 0.182. The highest BCUT2D eigenvalue weighted by molar-refractivity contribution is 9.10. The Bertz CT molecular complexity index is 1110. The van der Waals surface area contributed by atoms with E-state index in [0.717, 1.165) is 10.2 Å². The van der Waals surface area contributed by atoms with Crippen molar-refractivity contribution in [3.8, 4) is 5.69 Å². The van der Waals surface area contributed by atoms with Crippen LogP contribution in [0, 0.1) is 0 Å². The van der Waals surface area contributed by atoms with E-state index < -0.39 is 5.97 Å². The quantitative estimate of drug-likeness (QED) is 0.390. The van der Waals surface area contributed by atoms with Gasteiger partial charge in [-0.15, -0.1) is 0 Å². The van der Waals surface area contributed by atoms with Crippen LogP contribution in [0.15, 0.2) is 65.3 Å². The predicted octanol–water partition coefficient (Wildman–Crippen LogP) is 3.75. The minimum absolute atomic E-state index is 0.0692. The second-order valence-electron chi connectivity index (χ2n) is 6.80. The lowest BCUT2D eigenvalue weighted by molar-refractivity contribution is -0.145. The Morgan fingerprint density at radius 1 is 1.00 bits per heavy atom. The fourth-order valence-corrected chi connectivity index (χ4v) is 3.60. The third kappa shape index (κ3) is 4.18. The SMILES string of the molecule is O=C(CCCN1C(=O)c2ccc(Br)cc2C1=O)OCc1ccn(-c2ccccc2)n1. The molecule has 2 amide bonds. The summed E-state index contributed by atoms with van der Waals surface area (Å²) in [5.41, 5.74) is 2.33. The molecule has 8 heteroatoms. The van der Waals surface area contributed by atoms with Crippen molar-refractivity contribution >= 4 is 33.7 Å². The third-order valence-electron chi connectivity index (χ3n) is 4.74. The summed E-state index contributed by atoms with van der Waals surface area (Å²) >= 11 is 3.31. The highest BCUT2D eigenvalue weighted by Gasteiger charge is 2.35. The molecule has 0 aliphatic carbocycles. The van der Waals surface area contributed by atoms with Crippen LogP contribution in [-0.4, -0.2) is 39.0 Å². The highest BCUT2D eigenvalue weighted by Crippen LogP contribution is 2.26. The maximum atomic E-state index is 12.4. The van der Waals surface area contributed by atoms with Crippen molar-refractivity contribution in [2.24, 2.45) is 0 Å². The van der Waals surface area contributed by atoms with Gasteiger partial charge < -0.3 is 4.74 Å². The first-order chi connectivity index (χ1) is 14.5. The number of para-hydroxylation sites is 1. The van der Waals surface area contributed by atoms with Crippen molar-refractivity contribution in [2.45, 2.75) is 19.4 Å². The van der Waals surface area contributed by atoms with Crippen molar-refractivity contribution in [1.29, 1.82) is 0 Å². The third-order valence-corrected chi connectivity index (χ3v) is 5.23. The maximum Gasteiger partial charge on any atom is 0.306 e. The molecule has 1 aliphatic heterocycles. The van der Waals surface area contributed by atoms with E-state index in [9.17, 15) is 14.4 Å². The van der Waals surface area contributed by atoms with Crippen LogP contribution in [-0.2, 0) is 16.1 Å². The molecule has 1 aliphatic rings. The van der Waals surface area contributed by atoms with Crippen LogP contribution in [0.2, 0.25) is 0 Å². The summed E-state index contributed by atoms with van der Waals surface area (Å²) in [6.07, 6.45) is 2.25. The van der Waals surface area contributed by atoms with E-state index in [1.807, 2.05) is 30.3 Å². The smallest absolute Gasteiger partial charge is 0.306 e. The molecule has 3 aromatic rings. The van der Waals surface area contributed by atoms with Crippen LogP contribution in [0.5, 0.6) is 0 Å². The second kappa shape index (κ2) is 8.62. The van der Waals surface area contributed by atoms with Crippen LogP contribution in [0.25, 0.3) is 5.69 Å². The number of aromatic nitrogens is 2. The summed E-state index contributed by atoms with van der Waals surface area (Å²) in [5, 5.41) is 4.38. The molecular formula is C22H18BrN3O4. The zero-order valence-electron chi connectivity index (χ0n) is 16.0. The van der Waals surface area contributed by atoms with Gasteiger partial charge in [-0.3, -0.25) is 19.3 Å². The number of rotatable bonds is 7. The number of carbonyl (C=O) groups is 3. The molecule has 0 fully saturated rings. The van der Waals surface area contributed by atoms with Gasteiger partial charge in [0.25, 0.3) is 11.8 Å². The molecular weight excluding hydrogens is 450 g/mol. The normalized spacial score (nSPS) is 12.9. The summed E-state index contributed by atoms with van der Waals surface area (Å²) in [4.78, 5) is 38.0. The fourth-order valence-electron chi connectivity index (χ4n) is 3.24.